The lowest BCUT2D eigenvalue weighted by molar-refractivity contribution is -0.141. The average molecular weight is 952 g/mol. The number of aliphatic carboxylic acids is 7. The number of unbranched alkanes of at least 4 members (excludes halogenated alkanes) is 1. The highest BCUT2D eigenvalue weighted by Gasteiger charge is 2.17. The molecule has 27 heteroatoms. The Morgan fingerprint density at radius 3 is 1.05 bits per heavy atom. The van der Waals surface area contributed by atoms with Crippen molar-refractivity contribution in [3.05, 3.63) is 65.7 Å². The van der Waals surface area contributed by atoms with Crippen LogP contribution in [-0.4, -0.2) is 160 Å². The van der Waals surface area contributed by atoms with Gasteiger partial charge in [-0.15, -0.1) is 0 Å². The summed E-state index contributed by atoms with van der Waals surface area (Å²) in [4.78, 5) is 80.1. The number of benzene rings is 2. The first kappa shape index (κ1) is 68.7. The summed E-state index contributed by atoms with van der Waals surface area (Å²) in [5.41, 5.74) is 47.1. The van der Waals surface area contributed by atoms with Gasteiger partial charge >= 0.3 is 41.8 Å². The van der Waals surface area contributed by atoms with Crippen molar-refractivity contribution in [1.82, 2.24) is 0 Å². The number of carboxylic acid groups (broad SMARTS) is 7. The largest absolute Gasteiger partial charge is 0.508 e. The lowest BCUT2D eigenvalue weighted by Gasteiger charge is -2.07. The number of aromatic hydroxyl groups is 1. The predicted octanol–water partition coefficient (Wildman–Crippen LogP) is -4.24. The van der Waals surface area contributed by atoms with Gasteiger partial charge in [-0.25, -0.2) is 0 Å². The lowest BCUT2D eigenvalue weighted by Crippen LogP contribution is -2.39. The minimum atomic E-state index is -1.21. The molecule has 0 aliphatic rings. The fourth-order valence-corrected chi connectivity index (χ4v) is 3.28. The van der Waals surface area contributed by atoms with E-state index in [2.05, 4.69) is 5.73 Å². The number of rotatable bonds is 19. The Kier molecular flexibility index (Phi) is 41.7. The zero-order valence-corrected chi connectivity index (χ0v) is 36.8. The normalized spacial score (nSPS) is 13.8. The number of phenolic OH excluding ortho intramolecular Hbond substituents is 1. The molecule has 378 valence electrons. The first-order valence-corrected chi connectivity index (χ1v) is 19.3. The van der Waals surface area contributed by atoms with Gasteiger partial charge in [-0.1, -0.05) is 48.9 Å². The molecule has 0 saturated heterocycles. The molecule has 0 aliphatic heterocycles. The molecule has 0 bridgehead atoms. The van der Waals surface area contributed by atoms with Crippen molar-refractivity contribution in [3.8, 4) is 5.75 Å². The van der Waals surface area contributed by atoms with Crippen LogP contribution in [0.4, 0.5) is 0 Å². The Balaban J connectivity index is -0.000000222. The molecule has 0 radical (unpaired) electrons. The van der Waals surface area contributed by atoms with Crippen molar-refractivity contribution in [3.63, 3.8) is 0 Å². The molecule has 66 heavy (non-hydrogen) atoms. The Morgan fingerprint density at radius 1 is 0.485 bits per heavy atom. The Morgan fingerprint density at radius 2 is 0.818 bits per heavy atom. The number of phenols is 1. The molecular formula is C39H69N9O18. The van der Waals surface area contributed by atoms with Gasteiger partial charge < -0.3 is 103 Å². The van der Waals surface area contributed by atoms with Crippen LogP contribution in [0.1, 0.15) is 57.6 Å². The quantitative estimate of drug-likeness (QED) is 0.0593. The molecule has 2 aromatic carbocycles. The highest BCUT2D eigenvalue weighted by atomic mass is 16.4. The van der Waals surface area contributed by atoms with Crippen molar-refractivity contribution in [2.45, 2.75) is 114 Å². The summed E-state index contributed by atoms with van der Waals surface area (Å²) in [6.07, 6.45) is 0.554. The monoisotopic (exact) mass is 951 g/mol. The van der Waals surface area contributed by atoms with E-state index in [0.29, 0.717) is 19.4 Å². The van der Waals surface area contributed by atoms with E-state index in [4.69, 9.17) is 96.9 Å². The van der Waals surface area contributed by atoms with Crippen LogP contribution in [0.15, 0.2) is 54.6 Å². The molecule has 2 rings (SSSR count). The Labute approximate surface area is 380 Å². The molecule has 28 N–H and O–H groups in total. The van der Waals surface area contributed by atoms with E-state index in [1.807, 2.05) is 30.3 Å². The van der Waals surface area contributed by atoms with Gasteiger partial charge in [-0.2, -0.15) is 0 Å². The van der Waals surface area contributed by atoms with E-state index in [1.165, 1.54) is 32.9 Å². The van der Waals surface area contributed by atoms with Crippen LogP contribution in [0.2, 0.25) is 0 Å². The fourth-order valence-electron chi connectivity index (χ4n) is 3.28. The van der Waals surface area contributed by atoms with Crippen molar-refractivity contribution in [2.75, 3.05) is 6.54 Å². The SMILES string of the molecule is C[C@@H](O)[C@H](N)C(=O)O.C[C@@H](O)[C@H](N)C(=O)O.C[C@H](N)C(=O)O.NC(=O)C[C@H](N)C(=O)O.NCCCC[C@H](N)C(=O)O.N[C@@H](Cc1ccc(O)cc1)C(=O)O.N[C@@H](Cc1ccccc1)C(=O)O. The highest BCUT2D eigenvalue weighted by Crippen LogP contribution is 2.10. The van der Waals surface area contributed by atoms with Gasteiger partial charge in [0.25, 0.3) is 0 Å². The number of carbonyl (C=O) groups is 8. The summed E-state index contributed by atoms with van der Waals surface area (Å²) in [5, 5.41) is 83.4. The third-order valence-electron chi connectivity index (χ3n) is 7.35. The van der Waals surface area contributed by atoms with Crippen LogP contribution in [0, 0.1) is 0 Å². The molecule has 1 amide bonds. The van der Waals surface area contributed by atoms with E-state index in [0.717, 1.165) is 24.0 Å². The number of carbonyl (C=O) groups excluding carboxylic acids is 1. The second-order valence-electron chi connectivity index (χ2n) is 13.6. The third-order valence-corrected chi connectivity index (χ3v) is 7.35. The second-order valence-corrected chi connectivity index (χ2v) is 13.6. The number of hydrogen-bond donors (Lipinski definition) is 19. The maximum absolute atomic E-state index is 10.4. The second kappa shape index (κ2) is 40.1. The van der Waals surface area contributed by atoms with Crippen molar-refractivity contribution >= 4 is 47.7 Å². The summed E-state index contributed by atoms with van der Waals surface area (Å²) in [7, 11) is 0. The molecule has 0 heterocycles. The molecule has 0 fully saturated rings. The summed E-state index contributed by atoms with van der Waals surface area (Å²) in [6.45, 7) is 4.69. The minimum Gasteiger partial charge on any atom is -0.508 e. The van der Waals surface area contributed by atoms with Gasteiger partial charge in [0.15, 0.2) is 0 Å². The Bertz CT molecular complexity index is 1660. The zero-order chi connectivity index (χ0) is 52.9. The average Bonchev–Trinajstić information content (AvgIpc) is 3.22. The molecular weight excluding hydrogens is 882 g/mol. The van der Waals surface area contributed by atoms with Crippen LogP contribution in [0.3, 0.4) is 0 Å². The van der Waals surface area contributed by atoms with Crippen LogP contribution >= 0.6 is 0 Å². The molecule has 2 aromatic rings. The number of primary amides is 1. The standard InChI is InChI=1S/C9H11NO3.C9H11NO2.C6H14N2O2.C4H8N2O3.2C4H9NO3.C3H7NO2/c10-8(9(12)13)5-6-1-3-7(11)4-2-6;10-8(9(11)12)6-7-4-2-1-3-5-7;7-4-2-1-3-5(8)6(9)10;5-2(4(8)9)1-3(6)7;2*1-2(6)3(5)4(7)8;1-2(4)3(5)6/h1-4,8,11H,5,10H2,(H,12,13);1-5,8H,6,10H2,(H,11,12);5H,1-4,7-8H2,(H,9,10);2H,1,5H2,(H2,6,7)(H,8,9);2*2-3,6H,5H2,1H3,(H,7,8);2H,4H2,1H3,(H,5,6)/t2*8-;5-;2-;2*2-,3+;2-/m0000110/s1. The lowest BCUT2D eigenvalue weighted by atomic mass is 10.1. The van der Waals surface area contributed by atoms with Crippen LogP contribution < -0.4 is 51.6 Å². The van der Waals surface area contributed by atoms with E-state index in [1.54, 1.807) is 12.1 Å². The number of amides is 1. The number of aliphatic hydroxyl groups excluding tert-OH is 2. The maximum atomic E-state index is 10.4. The van der Waals surface area contributed by atoms with Crippen LogP contribution in [-0.2, 0) is 51.2 Å². The molecule has 0 saturated carbocycles. The van der Waals surface area contributed by atoms with Crippen molar-refractivity contribution in [1.29, 1.82) is 0 Å². The van der Waals surface area contributed by atoms with Gasteiger partial charge in [-0.05, 0) is 76.3 Å². The Hall–Kier alpha value is -6.40. The van der Waals surface area contributed by atoms with Gasteiger partial charge in [-0.3, -0.25) is 38.4 Å². The summed E-state index contributed by atoms with van der Waals surface area (Å²) in [5.74, 6) is -8.00. The molecule has 0 unspecified atom stereocenters. The number of nitrogens with two attached hydrogens (primary N) is 9. The zero-order valence-electron chi connectivity index (χ0n) is 36.8. The summed E-state index contributed by atoms with van der Waals surface area (Å²) in [6, 6.07) is 9.04. The van der Waals surface area contributed by atoms with Gasteiger partial charge in [0.1, 0.15) is 48.0 Å². The number of carboxylic acids is 7. The summed E-state index contributed by atoms with van der Waals surface area (Å²) >= 11 is 0. The van der Waals surface area contributed by atoms with E-state index in [9.17, 15) is 38.4 Å². The molecule has 0 aromatic heterocycles. The number of hydrogen-bond acceptors (Lipinski definition) is 19. The number of aliphatic hydroxyl groups is 2. The fraction of sp³-hybridized carbons (Fsp3) is 0.487. The topological polar surface area (TPSA) is 573 Å². The van der Waals surface area contributed by atoms with Crippen LogP contribution in [0.5, 0.6) is 5.75 Å². The first-order chi connectivity index (χ1) is 30.3. The van der Waals surface area contributed by atoms with E-state index < -0.39 is 102 Å². The molecule has 9 atom stereocenters. The molecule has 27 nitrogen and oxygen atoms in total. The first-order valence-electron chi connectivity index (χ1n) is 19.3. The maximum Gasteiger partial charge on any atom is 0.323 e. The minimum absolute atomic E-state index is 0.160. The summed E-state index contributed by atoms with van der Waals surface area (Å²) < 4.78 is 0. The van der Waals surface area contributed by atoms with Gasteiger partial charge in [0, 0.05) is 0 Å². The van der Waals surface area contributed by atoms with E-state index >= 15 is 0 Å². The van der Waals surface area contributed by atoms with Crippen molar-refractivity contribution < 1.29 is 89.4 Å². The third kappa shape index (κ3) is 44.2. The van der Waals surface area contributed by atoms with Crippen LogP contribution in [0.25, 0.3) is 0 Å². The van der Waals surface area contributed by atoms with Gasteiger partial charge in [0.2, 0.25) is 5.91 Å². The van der Waals surface area contributed by atoms with Crippen molar-refractivity contribution in [2.24, 2.45) is 51.6 Å². The highest BCUT2D eigenvalue weighted by molar-refractivity contribution is 5.83. The predicted molar refractivity (Wildman–Crippen MR) is 237 cm³/mol. The van der Waals surface area contributed by atoms with Gasteiger partial charge in [0.05, 0.1) is 18.6 Å². The smallest absolute Gasteiger partial charge is 0.323 e. The molecule has 0 spiro atoms. The van der Waals surface area contributed by atoms with E-state index in [-0.39, 0.29) is 18.6 Å². The molecule has 0 aliphatic carbocycles.